The highest BCUT2D eigenvalue weighted by atomic mass is 16.6. The second-order valence-electron chi connectivity index (χ2n) is 5.22. The van der Waals surface area contributed by atoms with E-state index < -0.39 is 4.92 Å². The molecule has 0 unspecified atom stereocenters. The van der Waals surface area contributed by atoms with E-state index in [4.69, 9.17) is 4.42 Å². The summed E-state index contributed by atoms with van der Waals surface area (Å²) < 4.78 is 5.58. The molecule has 0 atom stereocenters. The predicted molar refractivity (Wildman–Crippen MR) is 92.3 cm³/mol. The first-order chi connectivity index (χ1) is 12.0. The number of aromatic hydroxyl groups is 1. The monoisotopic (exact) mass is 335 g/mol. The van der Waals surface area contributed by atoms with Crippen LogP contribution in [0.25, 0.3) is 17.4 Å². The quantitative estimate of drug-likeness (QED) is 0.321. The van der Waals surface area contributed by atoms with Crippen molar-refractivity contribution < 1.29 is 19.2 Å². The van der Waals surface area contributed by atoms with Gasteiger partial charge in [0.25, 0.3) is 5.69 Å². The summed E-state index contributed by atoms with van der Waals surface area (Å²) in [6, 6.07) is 15.5. The SMILES string of the molecule is O=C(C=Cc1ccc(-c2ccccc2[N+](=O)[O-])o1)c1cccc(O)c1. The van der Waals surface area contributed by atoms with Gasteiger partial charge in [-0.1, -0.05) is 24.3 Å². The summed E-state index contributed by atoms with van der Waals surface area (Å²) in [5.74, 6) is 0.453. The van der Waals surface area contributed by atoms with Gasteiger partial charge in [0.05, 0.1) is 10.5 Å². The lowest BCUT2D eigenvalue weighted by molar-refractivity contribution is -0.384. The van der Waals surface area contributed by atoms with Crippen LogP contribution < -0.4 is 0 Å². The molecule has 0 radical (unpaired) electrons. The van der Waals surface area contributed by atoms with Crippen LogP contribution in [0.4, 0.5) is 5.69 Å². The Labute approximate surface area is 142 Å². The van der Waals surface area contributed by atoms with Crippen LogP contribution in [0.1, 0.15) is 16.1 Å². The molecule has 0 fully saturated rings. The van der Waals surface area contributed by atoms with Crippen LogP contribution in [0.5, 0.6) is 5.75 Å². The third-order valence-corrected chi connectivity index (χ3v) is 3.52. The summed E-state index contributed by atoms with van der Waals surface area (Å²) >= 11 is 0. The van der Waals surface area contributed by atoms with Crippen molar-refractivity contribution in [1.82, 2.24) is 0 Å². The number of carbonyl (C=O) groups excluding carboxylic acids is 1. The molecule has 0 bridgehead atoms. The Hall–Kier alpha value is -3.67. The van der Waals surface area contributed by atoms with Crippen LogP contribution in [0.2, 0.25) is 0 Å². The number of phenols is 1. The highest BCUT2D eigenvalue weighted by Gasteiger charge is 2.16. The zero-order valence-electron chi connectivity index (χ0n) is 13.0. The number of benzene rings is 2. The Morgan fingerprint density at radius 1 is 1.08 bits per heavy atom. The maximum Gasteiger partial charge on any atom is 0.280 e. The molecule has 0 saturated heterocycles. The van der Waals surface area contributed by atoms with E-state index in [9.17, 15) is 20.0 Å². The fourth-order valence-corrected chi connectivity index (χ4v) is 2.34. The lowest BCUT2D eigenvalue weighted by atomic mass is 10.1. The molecule has 6 heteroatoms. The predicted octanol–water partition coefficient (Wildman–Crippen LogP) is 4.46. The van der Waals surface area contributed by atoms with Crippen LogP contribution >= 0.6 is 0 Å². The number of furan rings is 1. The number of para-hydroxylation sites is 1. The average molecular weight is 335 g/mol. The molecular formula is C19H13NO5. The first-order valence-electron chi connectivity index (χ1n) is 7.39. The van der Waals surface area contributed by atoms with Gasteiger partial charge in [-0.05, 0) is 42.5 Å². The largest absolute Gasteiger partial charge is 0.508 e. The second-order valence-corrected chi connectivity index (χ2v) is 5.22. The number of rotatable bonds is 5. The Balaban J connectivity index is 1.83. The first kappa shape index (κ1) is 16.2. The van der Waals surface area contributed by atoms with Crippen molar-refractivity contribution in [2.45, 2.75) is 0 Å². The van der Waals surface area contributed by atoms with E-state index in [-0.39, 0.29) is 17.2 Å². The normalized spacial score (nSPS) is 10.9. The third-order valence-electron chi connectivity index (χ3n) is 3.52. The summed E-state index contributed by atoms with van der Waals surface area (Å²) in [5.41, 5.74) is 0.663. The summed E-state index contributed by atoms with van der Waals surface area (Å²) in [5, 5.41) is 20.5. The van der Waals surface area contributed by atoms with Gasteiger partial charge in [0.2, 0.25) is 0 Å². The first-order valence-corrected chi connectivity index (χ1v) is 7.39. The van der Waals surface area contributed by atoms with Crippen LogP contribution in [-0.4, -0.2) is 15.8 Å². The van der Waals surface area contributed by atoms with Gasteiger partial charge in [-0.15, -0.1) is 0 Å². The topological polar surface area (TPSA) is 93.6 Å². The van der Waals surface area contributed by atoms with E-state index in [1.54, 1.807) is 42.5 Å². The van der Waals surface area contributed by atoms with Gasteiger partial charge < -0.3 is 9.52 Å². The van der Waals surface area contributed by atoms with E-state index in [1.807, 2.05) is 0 Å². The number of hydrogen-bond acceptors (Lipinski definition) is 5. The van der Waals surface area contributed by atoms with Crippen molar-refractivity contribution in [3.8, 4) is 17.1 Å². The molecule has 0 amide bonds. The molecule has 0 spiro atoms. The van der Waals surface area contributed by atoms with Crippen molar-refractivity contribution in [2.24, 2.45) is 0 Å². The minimum atomic E-state index is -0.473. The molecule has 0 aliphatic rings. The molecule has 1 aromatic heterocycles. The number of nitro groups is 1. The Bertz CT molecular complexity index is 971. The number of phenolic OH excluding ortho intramolecular Hbond substituents is 1. The molecule has 3 rings (SSSR count). The van der Waals surface area contributed by atoms with Crippen LogP contribution in [0.3, 0.4) is 0 Å². The average Bonchev–Trinajstić information content (AvgIpc) is 3.08. The number of hydrogen-bond donors (Lipinski definition) is 1. The van der Waals surface area contributed by atoms with Gasteiger partial charge in [0.15, 0.2) is 5.78 Å². The molecular weight excluding hydrogens is 322 g/mol. The van der Waals surface area contributed by atoms with Crippen molar-refractivity contribution in [3.05, 3.63) is 88.2 Å². The van der Waals surface area contributed by atoms with Crippen LogP contribution in [-0.2, 0) is 0 Å². The highest BCUT2D eigenvalue weighted by molar-refractivity contribution is 6.06. The molecule has 0 aliphatic carbocycles. The summed E-state index contributed by atoms with van der Waals surface area (Å²) in [6.45, 7) is 0. The second kappa shape index (κ2) is 6.84. The van der Waals surface area contributed by atoms with Gasteiger partial charge in [-0.25, -0.2) is 0 Å². The Morgan fingerprint density at radius 3 is 2.64 bits per heavy atom. The number of nitro benzene ring substituents is 1. The van der Waals surface area contributed by atoms with E-state index in [2.05, 4.69) is 0 Å². The van der Waals surface area contributed by atoms with Crippen LogP contribution in [0.15, 0.2) is 71.2 Å². The minimum absolute atomic E-state index is 0.0101. The maximum absolute atomic E-state index is 12.1. The van der Waals surface area contributed by atoms with Crippen LogP contribution in [0, 0.1) is 10.1 Å². The molecule has 0 saturated carbocycles. The van der Waals surface area contributed by atoms with Crippen molar-refractivity contribution >= 4 is 17.5 Å². The van der Waals surface area contributed by atoms with Gasteiger partial charge >= 0.3 is 0 Å². The van der Waals surface area contributed by atoms with Crippen molar-refractivity contribution in [3.63, 3.8) is 0 Å². The molecule has 25 heavy (non-hydrogen) atoms. The minimum Gasteiger partial charge on any atom is -0.508 e. The molecule has 0 aliphatic heterocycles. The standard InChI is InChI=1S/C19H13NO5/c21-14-5-3-4-13(12-14)18(22)10-8-15-9-11-19(25-15)16-6-1-2-7-17(16)20(23)24/h1-12,21H. The molecule has 124 valence electrons. The number of nitrogens with zero attached hydrogens (tertiary/aromatic N) is 1. The van der Waals surface area contributed by atoms with Gasteiger partial charge in [0.1, 0.15) is 17.3 Å². The van der Waals surface area contributed by atoms with Crippen molar-refractivity contribution in [2.75, 3.05) is 0 Å². The Morgan fingerprint density at radius 2 is 1.88 bits per heavy atom. The van der Waals surface area contributed by atoms with Gasteiger partial charge in [-0.3, -0.25) is 14.9 Å². The van der Waals surface area contributed by atoms with Crippen molar-refractivity contribution in [1.29, 1.82) is 0 Å². The molecule has 1 N–H and O–H groups in total. The third kappa shape index (κ3) is 3.64. The zero-order chi connectivity index (χ0) is 17.8. The lowest BCUT2D eigenvalue weighted by Crippen LogP contribution is -1.92. The molecule has 3 aromatic rings. The summed E-state index contributed by atoms with van der Waals surface area (Å²) in [7, 11) is 0. The van der Waals surface area contributed by atoms with E-state index in [0.717, 1.165) is 0 Å². The molecule has 2 aromatic carbocycles. The van der Waals surface area contributed by atoms with Gasteiger partial charge in [0, 0.05) is 11.6 Å². The molecule has 6 nitrogen and oxygen atoms in total. The van der Waals surface area contributed by atoms with Gasteiger partial charge in [-0.2, -0.15) is 0 Å². The fraction of sp³-hybridized carbons (Fsp3) is 0. The lowest BCUT2D eigenvalue weighted by Gasteiger charge is -1.98. The summed E-state index contributed by atoms with van der Waals surface area (Å²) in [6.07, 6.45) is 2.79. The van der Waals surface area contributed by atoms with E-state index in [1.165, 1.54) is 30.4 Å². The van der Waals surface area contributed by atoms with E-state index in [0.29, 0.717) is 22.6 Å². The highest BCUT2D eigenvalue weighted by Crippen LogP contribution is 2.31. The number of allylic oxidation sites excluding steroid dienone is 1. The number of ketones is 1. The smallest absolute Gasteiger partial charge is 0.280 e. The Kier molecular flexibility index (Phi) is 4.43. The number of carbonyl (C=O) groups is 1. The molecule has 1 heterocycles. The zero-order valence-corrected chi connectivity index (χ0v) is 13.0. The fourth-order valence-electron chi connectivity index (χ4n) is 2.34. The van der Waals surface area contributed by atoms with E-state index >= 15 is 0 Å². The maximum atomic E-state index is 12.1. The summed E-state index contributed by atoms with van der Waals surface area (Å²) in [4.78, 5) is 22.7.